The Morgan fingerprint density at radius 3 is 2.87 bits per heavy atom. The third-order valence-corrected chi connectivity index (χ3v) is 4.49. The smallest absolute Gasteiger partial charge is 0.237 e. The van der Waals surface area contributed by atoms with Crippen LogP contribution in [0, 0.1) is 0 Å². The fourth-order valence-electron chi connectivity index (χ4n) is 3.11. The summed E-state index contributed by atoms with van der Waals surface area (Å²) < 4.78 is 11.3. The molecule has 2 N–H and O–H groups in total. The molecular weight excluding hydrogens is 292 g/mol. The second-order valence-corrected chi connectivity index (χ2v) is 6.31. The molecule has 0 spiro atoms. The third-order valence-electron chi connectivity index (χ3n) is 4.49. The lowest BCUT2D eigenvalue weighted by atomic mass is 10.1. The Kier molecular flexibility index (Phi) is 6.02. The number of benzene rings is 1. The zero-order valence-electron chi connectivity index (χ0n) is 13.6. The Hall–Kier alpha value is -1.43. The number of amides is 1. The molecule has 0 aliphatic carbocycles. The van der Waals surface area contributed by atoms with Crippen molar-refractivity contribution < 1.29 is 14.3 Å². The van der Waals surface area contributed by atoms with Crippen molar-refractivity contribution in [3.63, 3.8) is 0 Å². The Morgan fingerprint density at radius 1 is 1.26 bits per heavy atom. The van der Waals surface area contributed by atoms with E-state index >= 15 is 0 Å². The normalized spacial score (nSPS) is 22.2. The lowest BCUT2D eigenvalue weighted by molar-refractivity contribution is -0.122. The molecule has 2 heterocycles. The molecule has 5 nitrogen and oxygen atoms in total. The molecule has 23 heavy (non-hydrogen) atoms. The molecule has 5 heteroatoms. The monoisotopic (exact) mass is 318 g/mol. The average molecular weight is 318 g/mol. The van der Waals surface area contributed by atoms with E-state index in [0.29, 0.717) is 19.3 Å². The fraction of sp³-hybridized carbons (Fsp3) is 0.611. The van der Waals surface area contributed by atoms with Crippen molar-refractivity contribution in [2.45, 2.75) is 51.0 Å². The van der Waals surface area contributed by atoms with E-state index in [-0.39, 0.29) is 11.9 Å². The molecule has 2 aliphatic rings. The first-order valence-corrected chi connectivity index (χ1v) is 8.59. The molecule has 1 amide bonds. The lowest BCUT2D eigenvalue weighted by Gasteiger charge is -2.22. The van der Waals surface area contributed by atoms with E-state index in [1.807, 2.05) is 12.1 Å². The highest BCUT2D eigenvalue weighted by atomic mass is 16.5. The van der Waals surface area contributed by atoms with E-state index in [2.05, 4.69) is 22.8 Å². The fourth-order valence-corrected chi connectivity index (χ4v) is 3.11. The number of hydrogen-bond acceptors (Lipinski definition) is 4. The molecule has 2 fully saturated rings. The summed E-state index contributed by atoms with van der Waals surface area (Å²) in [5, 5.41) is 6.23. The van der Waals surface area contributed by atoms with Crippen LogP contribution in [0.4, 0.5) is 0 Å². The molecule has 1 unspecified atom stereocenters. The van der Waals surface area contributed by atoms with E-state index in [1.165, 1.54) is 0 Å². The predicted octanol–water partition coefficient (Wildman–Crippen LogP) is 1.75. The lowest BCUT2D eigenvalue weighted by Crippen LogP contribution is -2.40. The molecular formula is C18H26N2O3. The molecule has 3 rings (SSSR count). The van der Waals surface area contributed by atoms with Crippen LogP contribution in [0.1, 0.15) is 36.8 Å². The first kappa shape index (κ1) is 16.4. The van der Waals surface area contributed by atoms with Crippen molar-refractivity contribution >= 4 is 5.91 Å². The van der Waals surface area contributed by atoms with Crippen molar-refractivity contribution in [1.82, 2.24) is 10.6 Å². The standard InChI is InChI=1S/C18H26N2O3/c21-18(17-5-2-8-19-17)20-12-14-3-1-4-15(11-14)13-23-16-6-9-22-10-7-16/h1,3-4,11,16-17,19H,2,5-10,12-13H2,(H,20,21). The highest BCUT2D eigenvalue weighted by molar-refractivity contribution is 5.81. The molecule has 0 radical (unpaired) electrons. The van der Waals surface area contributed by atoms with Crippen LogP contribution in [-0.4, -0.2) is 37.8 Å². The Morgan fingerprint density at radius 2 is 2.09 bits per heavy atom. The minimum atomic E-state index is -0.0185. The zero-order chi connectivity index (χ0) is 15.9. The highest BCUT2D eigenvalue weighted by Gasteiger charge is 2.21. The summed E-state index contributed by atoms with van der Waals surface area (Å²) in [7, 11) is 0. The van der Waals surface area contributed by atoms with Crippen LogP contribution in [0.5, 0.6) is 0 Å². The number of ether oxygens (including phenoxy) is 2. The maximum atomic E-state index is 12.0. The molecule has 2 saturated heterocycles. The van der Waals surface area contributed by atoms with Gasteiger partial charge in [-0.2, -0.15) is 0 Å². The van der Waals surface area contributed by atoms with Gasteiger partial charge < -0.3 is 20.1 Å². The summed E-state index contributed by atoms with van der Waals surface area (Å²) in [6.07, 6.45) is 4.27. The van der Waals surface area contributed by atoms with E-state index in [1.54, 1.807) is 0 Å². The zero-order valence-corrected chi connectivity index (χ0v) is 13.6. The van der Waals surface area contributed by atoms with Crippen LogP contribution in [0.2, 0.25) is 0 Å². The van der Waals surface area contributed by atoms with Gasteiger partial charge in [0.1, 0.15) is 0 Å². The van der Waals surface area contributed by atoms with Gasteiger partial charge in [-0.05, 0) is 43.4 Å². The van der Waals surface area contributed by atoms with E-state index in [9.17, 15) is 4.79 Å². The maximum absolute atomic E-state index is 12.0. The summed E-state index contributed by atoms with van der Waals surface area (Å²) in [6.45, 7) is 3.73. The number of carbonyl (C=O) groups excluding carboxylic acids is 1. The van der Waals surface area contributed by atoms with Crippen molar-refractivity contribution in [3.05, 3.63) is 35.4 Å². The largest absolute Gasteiger partial charge is 0.381 e. The van der Waals surface area contributed by atoms with Crippen LogP contribution < -0.4 is 10.6 Å². The van der Waals surface area contributed by atoms with E-state index in [4.69, 9.17) is 9.47 Å². The van der Waals surface area contributed by atoms with Gasteiger partial charge in [0, 0.05) is 19.8 Å². The van der Waals surface area contributed by atoms with Crippen molar-refractivity contribution in [2.75, 3.05) is 19.8 Å². The van der Waals surface area contributed by atoms with Gasteiger partial charge in [0.05, 0.1) is 18.8 Å². The third kappa shape index (κ3) is 5.03. The molecule has 0 saturated carbocycles. The van der Waals surface area contributed by atoms with Crippen LogP contribution in [0.25, 0.3) is 0 Å². The minimum Gasteiger partial charge on any atom is -0.381 e. The molecule has 126 valence electrons. The van der Waals surface area contributed by atoms with Gasteiger partial charge in [0.15, 0.2) is 0 Å². The first-order valence-electron chi connectivity index (χ1n) is 8.59. The highest BCUT2D eigenvalue weighted by Crippen LogP contribution is 2.14. The SMILES string of the molecule is O=C(NCc1cccc(COC2CCOCC2)c1)C1CCCN1. The van der Waals surface area contributed by atoms with Crippen molar-refractivity contribution in [2.24, 2.45) is 0 Å². The van der Waals surface area contributed by atoms with Crippen molar-refractivity contribution in [3.8, 4) is 0 Å². The topological polar surface area (TPSA) is 59.6 Å². The second kappa shape index (κ2) is 8.43. The van der Waals surface area contributed by atoms with E-state index < -0.39 is 0 Å². The predicted molar refractivity (Wildman–Crippen MR) is 87.9 cm³/mol. The Balaban J connectivity index is 1.45. The molecule has 0 bridgehead atoms. The summed E-state index contributed by atoms with van der Waals surface area (Å²) in [4.78, 5) is 12.0. The number of carbonyl (C=O) groups is 1. The summed E-state index contributed by atoms with van der Waals surface area (Å²) in [5.74, 6) is 0.103. The van der Waals surface area contributed by atoms with Crippen LogP contribution in [0.15, 0.2) is 24.3 Å². The second-order valence-electron chi connectivity index (χ2n) is 6.31. The molecule has 0 aromatic heterocycles. The van der Waals surface area contributed by atoms with Crippen LogP contribution in [-0.2, 0) is 27.4 Å². The minimum absolute atomic E-state index is 0.0185. The molecule has 1 atom stereocenters. The van der Waals surface area contributed by atoms with Gasteiger partial charge in [-0.1, -0.05) is 24.3 Å². The summed E-state index contributed by atoms with van der Waals surface area (Å²) >= 11 is 0. The maximum Gasteiger partial charge on any atom is 0.237 e. The molecule has 1 aromatic carbocycles. The average Bonchev–Trinajstić information content (AvgIpc) is 3.14. The van der Waals surface area contributed by atoms with Crippen molar-refractivity contribution in [1.29, 1.82) is 0 Å². The van der Waals surface area contributed by atoms with Gasteiger partial charge in [-0.15, -0.1) is 0 Å². The summed E-state index contributed by atoms with van der Waals surface area (Å²) in [5.41, 5.74) is 2.27. The van der Waals surface area contributed by atoms with Gasteiger partial charge >= 0.3 is 0 Å². The summed E-state index contributed by atoms with van der Waals surface area (Å²) in [6, 6.07) is 8.23. The molecule has 2 aliphatic heterocycles. The van der Waals surface area contributed by atoms with Gasteiger partial charge in [0.2, 0.25) is 5.91 Å². The quantitative estimate of drug-likeness (QED) is 0.839. The molecule has 1 aromatic rings. The van der Waals surface area contributed by atoms with Gasteiger partial charge in [-0.25, -0.2) is 0 Å². The van der Waals surface area contributed by atoms with Gasteiger partial charge in [-0.3, -0.25) is 4.79 Å². The van der Waals surface area contributed by atoms with E-state index in [0.717, 1.165) is 56.6 Å². The Labute approximate surface area is 137 Å². The van der Waals surface area contributed by atoms with Crippen LogP contribution >= 0.6 is 0 Å². The van der Waals surface area contributed by atoms with Gasteiger partial charge in [0.25, 0.3) is 0 Å². The van der Waals surface area contributed by atoms with Crippen LogP contribution in [0.3, 0.4) is 0 Å². The Bertz CT molecular complexity index is 509. The number of rotatable bonds is 6. The number of hydrogen-bond donors (Lipinski definition) is 2. The first-order chi connectivity index (χ1) is 11.3. The number of nitrogens with one attached hydrogen (secondary N) is 2.